The molecule has 104 valence electrons. The number of hydrogen-bond donors (Lipinski definition) is 1. The van der Waals surface area contributed by atoms with E-state index >= 15 is 0 Å². The number of carbonyl (C=O) groups is 1. The number of amides is 1. The molecular weight excluding hydrogens is 274 g/mol. The Labute approximate surface area is 123 Å². The van der Waals surface area contributed by atoms with Crippen molar-refractivity contribution in [2.45, 2.75) is 19.6 Å². The Morgan fingerprint density at radius 3 is 2.65 bits per heavy atom. The summed E-state index contributed by atoms with van der Waals surface area (Å²) in [7, 11) is 0. The number of benzene rings is 2. The summed E-state index contributed by atoms with van der Waals surface area (Å²) < 4.78 is 5.17. The van der Waals surface area contributed by atoms with Crippen LogP contribution in [0.25, 0.3) is 0 Å². The lowest BCUT2D eigenvalue weighted by Gasteiger charge is -2.14. The van der Waals surface area contributed by atoms with Gasteiger partial charge in [-0.2, -0.15) is 0 Å². The van der Waals surface area contributed by atoms with Crippen LogP contribution in [-0.2, 0) is 11.3 Å². The Balaban J connectivity index is 1.85. The molecule has 0 aliphatic rings. The number of halogens is 1. The van der Waals surface area contributed by atoms with Crippen molar-refractivity contribution in [2.75, 3.05) is 0 Å². The van der Waals surface area contributed by atoms with Crippen LogP contribution in [0.1, 0.15) is 24.1 Å². The van der Waals surface area contributed by atoms with Crippen molar-refractivity contribution in [1.82, 2.24) is 5.32 Å². The van der Waals surface area contributed by atoms with Crippen LogP contribution in [-0.4, -0.2) is 6.09 Å². The van der Waals surface area contributed by atoms with Gasteiger partial charge in [0.05, 0.1) is 6.04 Å². The standard InChI is InChI=1S/C16H16ClNO2/c1-12(14-8-5-9-15(17)10-14)18-16(19)20-11-13-6-3-2-4-7-13/h2-10,12H,11H2,1H3,(H,18,19). The normalized spacial score (nSPS) is 11.7. The molecule has 4 heteroatoms. The van der Waals surface area contributed by atoms with E-state index in [0.29, 0.717) is 5.02 Å². The SMILES string of the molecule is CC(NC(=O)OCc1ccccc1)c1cccc(Cl)c1. The first-order valence-corrected chi connectivity index (χ1v) is 6.75. The number of ether oxygens (including phenoxy) is 1. The Morgan fingerprint density at radius 1 is 1.20 bits per heavy atom. The van der Waals surface area contributed by atoms with E-state index in [1.54, 1.807) is 6.07 Å². The number of alkyl carbamates (subject to hydrolysis) is 1. The van der Waals surface area contributed by atoms with Crippen molar-refractivity contribution in [3.8, 4) is 0 Å². The molecule has 2 aromatic carbocycles. The van der Waals surface area contributed by atoms with E-state index in [4.69, 9.17) is 16.3 Å². The van der Waals surface area contributed by atoms with Gasteiger partial charge in [-0.1, -0.05) is 54.1 Å². The minimum absolute atomic E-state index is 0.156. The molecule has 0 heterocycles. The first-order chi connectivity index (χ1) is 9.65. The third kappa shape index (κ3) is 4.28. The first-order valence-electron chi connectivity index (χ1n) is 6.38. The summed E-state index contributed by atoms with van der Waals surface area (Å²) in [6.45, 7) is 2.14. The van der Waals surface area contributed by atoms with Gasteiger partial charge in [0.2, 0.25) is 0 Å². The molecule has 3 nitrogen and oxygen atoms in total. The molecule has 0 saturated carbocycles. The van der Waals surface area contributed by atoms with Crippen molar-refractivity contribution in [2.24, 2.45) is 0 Å². The van der Waals surface area contributed by atoms with E-state index in [0.717, 1.165) is 11.1 Å². The molecule has 1 unspecified atom stereocenters. The third-order valence-electron chi connectivity index (χ3n) is 2.90. The molecule has 0 aliphatic carbocycles. The van der Waals surface area contributed by atoms with Gasteiger partial charge in [-0.05, 0) is 30.2 Å². The van der Waals surface area contributed by atoms with E-state index in [1.807, 2.05) is 55.5 Å². The molecule has 1 atom stereocenters. The van der Waals surface area contributed by atoms with Crippen molar-refractivity contribution in [1.29, 1.82) is 0 Å². The minimum atomic E-state index is -0.443. The summed E-state index contributed by atoms with van der Waals surface area (Å²) in [5.41, 5.74) is 1.90. The largest absolute Gasteiger partial charge is 0.445 e. The Morgan fingerprint density at radius 2 is 1.95 bits per heavy atom. The van der Waals surface area contributed by atoms with Crippen LogP contribution >= 0.6 is 11.6 Å². The minimum Gasteiger partial charge on any atom is -0.445 e. The van der Waals surface area contributed by atoms with Crippen LogP contribution in [0, 0.1) is 0 Å². The molecule has 20 heavy (non-hydrogen) atoms. The molecule has 0 aliphatic heterocycles. The zero-order chi connectivity index (χ0) is 14.4. The lowest BCUT2D eigenvalue weighted by molar-refractivity contribution is 0.136. The van der Waals surface area contributed by atoms with Crippen LogP contribution in [0.3, 0.4) is 0 Å². The van der Waals surface area contributed by atoms with Gasteiger partial charge in [0.15, 0.2) is 0 Å². The molecule has 0 radical (unpaired) electrons. The van der Waals surface area contributed by atoms with Gasteiger partial charge in [-0.3, -0.25) is 0 Å². The molecule has 0 spiro atoms. The zero-order valence-corrected chi connectivity index (χ0v) is 11.9. The van der Waals surface area contributed by atoms with Crippen molar-refractivity contribution < 1.29 is 9.53 Å². The Hall–Kier alpha value is -2.00. The average molecular weight is 290 g/mol. The van der Waals surface area contributed by atoms with E-state index in [-0.39, 0.29) is 12.6 Å². The van der Waals surface area contributed by atoms with E-state index in [2.05, 4.69) is 5.32 Å². The fraction of sp³-hybridized carbons (Fsp3) is 0.188. The van der Waals surface area contributed by atoms with E-state index in [1.165, 1.54) is 0 Å². The second-order valence-electron chi connectivity index (χ2n) is 4.48. The van der Waals surface area contributed by atoms with Gasteiger partial charge in [-0.25, -0.2) is 4.79 Å². The predicted molar refractivity (Wildman–Crippen MR) is 79.6 cm³/mol. The van der Waals surface area contributed by atoms with Crippen molar-refractivity contribution >= 4 is 17.7 Å². The van der Waals surface area contributed by atoms with Crippen LogP contribution < -0.4 is 5.32 Å². The van der Waals surface area contributed by atoms with E-state index < -0.39 is 6.09 Å². The lowest BCUT2D eigenvalue weighted by atomic mass is 10.1. The number of carbonyl (C=O) groups excluding carboxylic acids is 1. The fourth-order valence-electron chi connectivity index (χ4n) is 1.80. The molecule has 0 aromatic heterocycles. The van der Waals surface area contributed by atoms with Gasteiger partial charge in [0, 0.05) is 5.02 Å². The summed E-state index contributed by atoms with van der Waals surface area (Å²) in [5, 5.41) is 3.42. The molecular formula is C16H16ClNO2. The third-order valence-corrected chi connectivity index (χ3v) is 3.13. The maximum absolute atomic E-state index is 11.7. The van der Waals surface area contributed by atoms with Gasteiger partial charge in [0.1, 0.15) is 6.61 Å². The van der Waals surface area contributed by atoms with Crippen molar-refractivity contribution in [3.63, 3.8) is 0 Å². The summed E-state index contributed by atoms with van der Waals surface area (Å²) in [4.78, 5) is 11.7. The zero-order valence-electron chi connectivity index (χ0n) is 11.2. The molecule has 2 aromatic rings. The monoisotopic (exact) mass is 289 g/mol. The Kier molecular flexibility index (Phi) is 5.02. The van der Waals surface area contributed by atoms with Crippen LogP contribution in [0.4, 0.5) is 4.79 Å². The average Bonchev–Trinajstić information content (AvgIpc) is 2.46. The molecule has 2 rings (SSSR count). The molecule has 0 bridgehead atoms. The quantitative estimate of drug-likeness (QED) is 0.910. The summed E-state index contributed by atoms with van der Waals surface area (Å²) in [5.74, 6) is 0. The fourth-order valence-corrected chi connectivity index (χ4v) is 2.00. The second kappa shape index (κ2) is 6.96. The smallest absolute Gasteiger partial charge is 0.407 e. The topological polar surface area (TPSA) is 38.3 Å². The molecule has 1 amide bonds. The summed E-state index contributed by atoms with van der Waals surface area (Å²) in [6, 6.07) is 16.8. The lowest BCUT2D eigenvalue weighted by Crippen LogP contribution is -2.27. The molecule has 0 saturated heterocycles. The second-order valence-corrected chi connectivity index (χ2v) is 4.92. The molecule has 0 fully saturated rings. The highest BCUT2D eigenvalue weighted by Crippen LogP contribution is 2.17. The number of rotatable bonds is 4. The van der Waals surface area contributed by atoms with Gasteiger partial charge >= 0.3 is 6.09 Å². The number of hydrogen-bond acceptors (Lipinski definition) is 2. The van der Waals surface area contributed by atoms with Crippen LogP contribution in [0.15, 0.2) is 54.6 Å². The highest BCUT2D eigenvalue weighted by Gasteiger charge is 2.10. The predicted octanol–water partition coefficient (Wildman–Crippen LogP) is 4.33. The van der Waals surface area contributed by atoms with Crippen molar-refractivity contribution in [3.05, 3.63) is 70.7 Å². The Bertz CT molecular complexity index is 572. The van der Waals surface area contributed by atoms with E-state index in [9.17, 15) is 4.79 Å². The summed E-state index contributed by atoms with van der Waals surface area (Å²) in [6.07, 6.45) is -0.443. The molecule has 1 N–H and O–H groups in total. The van der Waals surface area contributed by atoms with Gasteiger partial charge in [-0.15, -0.1) is 0 Å². The van der Waals surface area contributed by atoms with Crippen LogP contribution in [0.5, 0.6) is 0 Å². The maximum atomic E-state index is 11.7. The highest BCUT2D eigenvalue weighted by molar-refractivity contribution is 6.30. The summed E-state index contributed by atoms with van der Waals surface area (Å²) >= 11 is 5.92. The first kappa shape index (κ1) is 14.4. The van der Waals surface area contributed by atoms with Crippen LogP contribution in [0.2, 0.25) is 5.02 Å². The highest BCUT2D eigenvalue weighted by atomic mass is 35.5. The van der Waals surface area contributed by atoms with Gasteiger partial charge < -0.3 is 10.1 Å². The van der Waals surface area contributed by atoms with Gasteiger partial charge in [0.25, 0.3) is 0 Å². The number of nitrogens with one attached hydrogen (secondary N) is 1. The maximum Gasteiger partial charge on any atom is 0.407 e.